The van der Waals surface area contributed by atoms with Crippen LogP contribution in [0.5, 0.6) is 0 Å². The van der Waals surface area contributed by atoms with E-state index in [1.807, 2.05) is 18.1 Å². The van der Waals surface area contributed by atoms with Crippen molar-refractivity contribution in [3.8, 4) is 0 Å². The van der Waals surface area contributed by atoms with E-state index in [2.05, 4.69) is 66.6 Å². The third-order valence-corrected chi connectivity index (χ3v) is 5.72. The average molecular weight is 409 g/mol. The maximum atomic E-state index is 6.61. The first kappa shape index (κ1) is 18.8. The summed E-state index contributed by atoms with van der Waals surface area (Å²) in [5, 5.41) is 11.8. The first-order valence-electron chi connectivity index (χ1n) is 9.18. The number of nitrogens with zero attached hydrogens (tertiary/aromatic N) is 3. The van der Waals surface area contributed by atoms with Gasteiger partial charge in [-0.1, -0.05) is 53.6 Å². The number of benzene rings is 2. The fourth-order valence-corrected chi connectivity index (χ4v) is 3.92. The number of hydrogen-bond donors (Lipinski definition) is 1. The van der Waals surface area contributed by atoms with E-state index in [1.165, 1.54) is 5.56 Å². The van der Waals surface area contributed by atoms with Gasteiger partial charge in [0.15, 0.2) is 5.11 Å². The molecule has 1 aliphatic rings. The molecule has 1 unspecified atom stereocenters. The van der Waals surface area contributed by atoms with Gasteiger partial charge >= 0.3 is 0 Å². The SMILES string of the molecule is CNC(=S)N1N=C(c2ccc(C)cc2)CC1c1cc2ccc(C)cc2nc1Cl. The van der Waals surface area contributed by atoms with Crippen molar-refractivity contribution >= 4 is 45.5 Å². The van der Waals surface area contributed by atoms with Crippen molar-refractivity contribution in [3.63, 3.8) is 0 Å². The molecule has 0 fully saturated rings. The summed E-state index contributed by atoms with van der Waals surface area (Å²) in [5.74, 6) is 0. The number of fused-ring (bicyclic) bond motifs is 1. The highest BCUT2D eigenvalue weighted by Crippen LogP contribution is 2.37. The molecule has 0 radical (unpaired) electrons. The molecular formula is C22H21ClN4S. The van der Waals surface area contributed by atoms with E-state index in [4.69, 9.17) is 28.9 Å². The van der Waals surface area contributed by atoms with Crippen molar-refractivity contribution in [2.45, 2.75) is 26.3 Å². The molecule has 0 aliphatic carbocycles. The van der Waals surface area contributed by atoms with E-state index in [0.717, 1.165) is 33.3 Å². The van der Waals surface area contributed by atoms with Crippen LogP contribution in [0.2, 0.25) is 5.15 Å². The number of pyridine rings is 1. The summed E-state index contributed by atoms with van der Waals surface area (Å²) in [4.78, 5) is 4.63. The van der Waals surface area contributed by atoms with Crippen LogP contribution in [-0.2, 0) is 0 Å². The Morgan fingerprint density at radius 2 is 1.82 bits per heavy atom. The fourth-order valence-electron chi connectivity index (χ4n) is 3.48. The molecule has 3 aromatic rings. The molecule has 2 aromatic carbocycles. The van der Waals surface area contributed by atoms with Gasteiger partial charge in [-0.2, -0.15) is 5.10 Å². The molecule has 0 saturated carbocycles. The minimum atomic E-state index is -0.0954. The van der Waals surface area contributed by atoms with Gasteiger partial charge in [-0.3, -0.25) is 0 Å². The third-order valence-electron chi connectivity index (χ3n) is 5.03. The van der Waals surface area contributed by atoms with E-state index in [-0.39, 0.29) is 6.04 Å². The lowest BCUT2D eigenvalue weighted by Gasteiger charge is -2.24. The van der Waals surface area contributed by atoms with Gasteiger partial charge in [-0.25, -0.2) is 9.99 Å². The summed E-state index contributed by atoms with van der Waals surface area (Å²) in [7, 11) is 1.81. The van der Waals surface area contributed by atoms with Crippen molar-refractivity contribution in [1.82, 2.24) is 15.3 Å². The Labute approximate surface area is 175 Å². The van der Waals surface area contributed by atoms with Crippen molar-refractivity contribution in [2.75, 3.05) is 7.05 Å². The lowest BCUT2D eigenvalue weighted by Crippen LogP contribution is -2.34. The van der Waals surface area contributed by atoms with E-state index in [1.54, 1.807) is 0 Å². The van der Waals surface area contributed by atoms with Crippen LogP contribution in [0.4, 0.5) is 0 Å². The van der Waals surface area contributed by atoms with Crippen LogP contribution < -0.4 is 5.32 Å². The third kappa shape index (κ3) is 3.48. The molecule has 1 aromatic heterocycles. The summed E-state index contributed by atoms with van der Waals surface area (Å²) >= 11 is 12.1. The van der Waals surface area contributed by atoms with Gasteiger partial charge < -0.3 is 5.32 Å². The molecule has 0 spiro atoms. The van der Waals surface area contributed by atoms with Gasteiger partial charge in [0, 0.05) is 24.4 Å². The van der Waals surface area contributed by atoms with E-state index in [9.17, 15) is 0 Å². The molecule has 1 atom stereocenters. The summed E-state index contributed by atoms with van der Waals surface area (Å²) in [6, 6.07) is 16.6. The molecule has 1 N–H and O–H groups in total. The lowest BCUT2D eigenvalue weighted by atomic mass is 9.98. The van der Waals surface area contributed by atoms with Gasteiger partial charge in [0.05, 0.1) is 17.3 Å². The fraction of sp³-hybridized carbons (Fsp3) is 0.227. The minimum absolute atomic E-state index is 0.0954. The maximum Gasteiger partial charge on any atom is 0.189 e. The van der Waals surface area contributed by atoms with Crippen molar-refractivity contribution < 1.29 is 0 Å². The van der Waals surface area contributed by atoms with Crippen LogP contribution in [0.25, 0.3) is 10.9 Å². The smallest absolute Gasteiger partial charge is 0.189 e. The zero-order valence-electron chi connectivity index (χ0n) is 16.0. The molecule has 0 saturated heterocycles. The Balaban J connectivity index is 1.76. The molecule has 2 heterocycles. The number of hydrazone groups is 1. The number of hydrogen-bond acceptors (Lipinski definition) is 3. The van der Waals surface area contributed by atoms with Crippen molar-refractivity contribution in [2.24, 2.45) is 5.10 Å². The van der Waals surface area contributed by atoms with Crippen LogP contribution in [0, 0.1) is 13.8 Å². The van der Waals surface area contributed by atoms with E-state index < -0.39 is 0 Å². The van der Waals surface area contributed by atoms with Crippen LogP contribution in [0.15, 0.2) is 53.6 Å². The van der Waals surface area contributed by atoms with Crippen molar-refractivity contribution in [3.05, 3.63) is 75.9 Å². The predicted octanol–water partition coefficient (Wildman–Crippen LogP) is 5.16. The molecule has 4 nitrogen and oxygen atoms in total. The number of aryl methyl sites for hydroxylation is 2. The number of nitrogens with one attached hydrogen (secondary N) is 1. The number of halogens is 1. The molecule has 142 valence electrons. The topological polar surface area (TPSA) is 40.5 Å². The van der Waals surface area contributed by atoms with Crippen LogP contribution in [-0.4, -0.2) is 27.9 Å². The van der Waals surface area contributed by atoms with E-state index in [0.29, 0.717) is 16.7 Å². The van der Waals surface area contributed by atoms with Gasteiger partial charge in [0.25, 0.3) is 0 Å². The van der Waals surface area contributed by atoms with Gasteiger partial charge in [0.1, 0.15) is 5.15 Å². The molecule has 28 heavy (non-hydrogen) atoms. The number of rotatable bonds is 2. The molecule has 4 rings (SSSR count). The Morgan fingerprint density at radius 3 is 2.54 bits per heavy atom. The Bertz CT molecular complexity index is 1090. The van der Waals surface area contributed by atoms with Gasteiger partial charge in [-0.15, -0.1) is 0 Å². The summed E-state index contributed by atoms with van der Waals surface area (Å²) in [6.45, 7) is 4.13. The highest BCUT2D eigenvalue weighted by atomic mass is 35.5. The highest BCUT2D eigenvalue weighted by Gasteiger charge is 2.33. The summed E-state index contributed by atoms with van der Waals surface area (Å²) in [5.41, 5.74) is 6.29. The molecular weight excluding hydrogens is 388 g/mol. The number of thiocarbonyl (C=S) groups is 1. The molecule has 0 amide bonds. The Kier molecular flexibility index (Phi) is 5.04. The maximum absolute atomic E-state index is 6.61. The second kappa shape index (κ2) is 7.49. The van der Waals surface area contributed by atoms with Crippen LogP contribution in [0.3, 0.4) is 0 Å². The standard InChI is InChI=1S/C22H21ClN4S/c1-13-4-7-15(8-5-13)19-12-20(27(26-19)22(28)24-3)17-11-16-9-6-14(2)10-18(16)25-21(17)23/h4-11,20H,12H2,1-3H3,(H,24,28). The predicted molar refractivity (Wildman–Crippen MR) is 120 cm³/mol. The lowest BCUT2D eigenvalue weighted by molar-refractivity contribution is 0.366. The van der Waals surface area contributed by atoms with Gasteiger partial charge in [-0.05, 0) is 49.3 Å². The number of aromatic nitrogens is 1. The molecule has 0 bridgehead atoms. The second-order valence-corrected chi connectivity index (χ2v) is 7.84. The largest absolute Gasteiger partial charge is 0.364 e. The van der Waals surface area contributed by atoms with E-state index >= 15 is 0 Å². The Hall–Kier alpha value is -2.50. The minimum Gasteiger partial charge on any atom is -0.364 e. The Morgan fingerprint density at radius 1 is 1.11 bits per heavy atom. The van der Waals surface area contributed by atoms with Crippen LogP contribution >= 0.6 is 23.8 Å². The normalized spacial score (nSPS) is 16.4. The first-order chi connectivity index (χ1) is 13.5. The monoisotopic (exact) mass is 408 g/mol. The zero-order chi connectivity index (χ0) is 19.8. The summed E-state index contributed by atoms with van der Waals surface area (Å²) in [6.07, 6.45) is 0.712. The van der Waals surface area contributed by atoms with Crippen molar-refractivity contribution in [1.29, 1.82) is 0 Å². The highest BCUT2D eigenvalue weighted by molar-refractivity contribution is 7.80. The molecule has 6 heteroatoms. The summed E-state index contributed by atoms with van der Waals surface area (Å²) < 4.78 is 0. The average Bonchev–Trinajstić information content (AvgIpc) is 3.12. The molecule has 1 aliphatic heterocycles. The quantitative estimate of drug-likeness (QED) is 0.469. The van der Waals surface area contributed by atoms with Crippen LogP contribution in [0.1, 0.15) is 34.7 Å². The van der Waals surface area contributed by atoms with Gasteiger partial charge in [0.2, 0.25) is 0 Å². The zero-order valence-corrected chi connectivity index (χ0v) is 17.6. The second-order valence-electron chi connectivity index (χ2n) is 7.10. The first-order valence-corrected chi connectivity index (χ1v) is 9.97.